The summed E-state index contributed by atoms with van der Waals surface area (Å²) in [5.74, 6) is 0.270. The number of nitrogens with two attached hydrogens (primary N) is 1. The molecule has 1 saturated heterocycles. The number of ether oxygens (including phenoxy) is 1. The molecule has 3 rings (SSSR count). The average molecular weight is 276 g/mol. The number of aliphatic hydroxyl groups excluding tert-OH is 1. The normalized spacial score (nSPS) is 25.8. The number of aromatic nitrogens is 4. The van der Waals surface area contributed by atoms with Crippen LogP contribution in [0.3, 0.4) is 0 Å². The van der Waals surface area contributed by atoms with Gasteiger partial charge in [0.25, 0.3) is 0 Å². The van der Waals surface area contributed by atoms with Crippen molar-refractivity contribution < 1.29 is 9.84 Å². The van der Waals surface area contributed by atoms with Gasteiger partial charge >= 0.3 is 0 Å². The molecule has 0 spiro atoms. The molecule has 104 valence electrons. The minimum absolute atomic E-state index is 0.174. The average Bonchev–Trinajstić information content (AvgIpc) is 3.01. The number of fused-ring (bicyclic) bond motifs is 1. The number of aliphatic hydroxyl groups is 1. The van der Waals surface area contributed by atoms with Crippen molar-refractivity contribution in [1.29, 1.82) is 0 Å². The van der Waals surface area contributed by atoms with E-state index in [1.54, 1.807) is 4.57 Å². The Labute approximate surface area is 112 Å². The van der Waals surface area contributed by atoms with Gasteiger partial charge in [0.05, 0.1) is 19.0 Å². The highest BCUT2D eigenvalue weighted by atomic mass is 16.5. The molecule has 0 bridgehead atoms. The van der Waals surface area contributed by atoms with E-state index in [0.717, 1.165) is 0 Å². The van der Waals surface area contributed by atoms with Crippen LogP contribution in [-0.2, 0) is 4.74 Å². The lowest BCUT2D eigenvalue weighted by Crippen LogP contribution is -2.19. The minimum Gasteiger partial charge on any atom is -0.388 e. The molecule has 20 heavy (non-hydrogen) atoms. The van der Waals surface area contributed by atoms with E-state index < -0.39 is 12.3 Å². The van der Waals surface area contributed by atoms with Gasteiger partial charge in [-0.2, -0.15) is 0 Å². The molecule has 1 aliphatic heterocycles. The molecule has 10 heteroatoms. The van der Waals surface area contributed by atoms with Gasteiger partial charge < -0.3 is 15.6 Å². The summed E-state index contributed by atoms with van der Waals surface area (Å²) in [5, 5.41) is 13.5. The molecule has 0 amide bonds. The van der Waals surface area contributed by atoms with Crippen molar-refractivity contribution in [3.63, 3.8) is 0 Å². The second-order valence-electron chi connectivity index (χ2n) is 4.45. The van der Waals surface area contributed by atoms with Gasteiger partial charge in [0.1, 0.15) is 17.9 Å². The van der Waals surface area contributed by atoms with E-state index in [0.29, 0.717) is 17.6 Å². The summed E-state index contributed by atoms with van der Waals surface area (Å²) in [5.41, 5.74) is 15.0. The third-order valence-corrected chi connectivity index (χ3v) is 3.18. The first kappa shape index (κ1) is 12.6. The van der Waals surface area contributed by atoms with Gasteiger partial charge in [-0.3, -0.25) is 4.57 Å². The van der Waals surface area contributed by atoms with E-state index in [-0.39, 0.29) is 18.5 Å². The van der Waals surface area contributed by atoms with Crippen LogP contribution in [0.25, 0.3) is 21.6 Å². The predicted octanol–water partition coefficient (Wildman–Crippen LogP) is 0.367. The molecule has 1 fully saturated rings. The lowest BCUT2D eigenvalue weighted by atomic mass is 10.2. The van der Waals surface area contributed by atoms with E-state index in [1.807, 2.05) is 0 Å². The van der Waals surface area contributed by atoms with Gasteiger partial charge in [0, 0.05) is 11.3 Å². The third kappa shape index (κ3) is 2.01. The maximum Gasteiger partial charge on any atom is 0.167 e. The standard InChI is InChI=1S/C10H12N8O2/c11-8-7-9(14-3-13-8)18(4-15-7)10-6(19)1-5(20-10)2-16-17-12/h3-6,10,19H,1-2H2,(H2,11,13,14)/t5-,6-,10+/m0/s1. The van der Waals surface area contributed by atoms with Crippen LogP contribution in [0, 0.1) is 0 Å². The van der Waals surface area contributed by atoms with Crippen LogP contribution >= 0.6 is 0 Å². The van der Waals surface area contributed by atoms with Crippen LogP contribution in [0.15, 0.2) is 17.8 Å². The van der Waals surface area contributed by atoms with Gasteiger partial charge in [-0.15, -0.1) is 0 Å². The van der Waals surface area contributed by atoms with Crippen LogP contribution in [0.5, 0.6) is 0 Å². The SMILES string of the molecule is [N-]=[N+]=NC[C@@H]1C[C@H](O)[C@H](n2cnc3c(N)ncnc32)O1. The van der Waals surface area contributed by atoms with Crippen LogP contribution in [-0.4, -0.2) is 43.4 Å². The van der Waals surface area contributed by atoms with Crippen LogP contribution < -0.4 is 5.73 Å². The van der Waals surface area contributed by atoms with Gasteiger partial charge in [0.15, 0.2) is 17.7 Å². The number of imidazole rings is 1. The molecule has 0 radical (unpaired) electrons. The lowest BCUT2D eigenvalue weighted by Gasteiger charge is -2.16. The van der Waals surface area contributed by atoms with E-state index in [4.69, 9.17) is 16.0 Å². The molecule has 3 N–H and O–H groups in total. The van der Waals surface area contributed by atoms with Gasteiger partial charge in [-0.25, -0.2) is 15.0 Å². The molecular weight excluding hydrogens is 264 g/mol. The molecule has 0 aliphatic carbocycles. The molecule has 3 atom stereocenters. The summed E-state index contributed by atoms with van der Waals surface area (Å²) in [6.45, 7) is 0.174. The second-order valence-corrected chi connectivity index (χ2v) is 4.45. The van der Waals surface area contributed by atoms with Crippen molar-refractivity contribution in [3.05, 3.63) is 23.1 Å². The van der Waals surface area contributed by atoms with Crippen molar-refractivity contribution in [2.24, 2.45) is 5.11 Å². The molecule has 10 nitrogen and oxygen atoms in total. The van der Waals surface area contributed by atoms with Crippen molar-refractivity contribution in [2.75, 3.05) is 12.3 Å². The predicted molar refractivity (Wildman–Crippen MR) is 68.3 cm³/mol. The van der Waals surface area contributed by atoms with Crippen molar-refractivity contribution in [2.45, 2.75) is 24.9 Å². The van der Waals surface area contributed by atoms with Crippen LogP contribution in [0.2, 0.25) is 0 Å². The monoisotopic (exact) mass is 276 g/mol. The zero-order valence-electron chi connectivity index (χ0n) is 10.4. The number of hydrogen-bond acceptors (Lipinski definition) is 7. The van der Waals surface area contributed by atoms with Gasteiger partial charge in [0.2, 0.25) is 0 Å². The highest BCUT2D eigenvalue weighted by molar-refractivity contribution is 5.81. The van der Waals surface area contributed by atoms with Crippen molar-refractivity contribution in [3.8, 4) is 0 Å². The first-order valence-electron chi connectivity index (χ1n) is 5.98. The topological polar surface area (TPSA) is 148 Å². The first-order valence-corrected chi connectivity index (χ1v) is 5.98. The Bertz CT molecular complexity index is 679. The number of anilines is 1. The Kier molecular flexibility index (Phi) is 3.11. The number of hydrogen-bond donors (Lipinski definition) is 2. The van der Waals surface area contributed by atoms with Crippen molar-refractivity contribution >= 4 is 17.0 Å². The maximum atomic E-state index is 10.1. The Morgan fingerprint density at radius 1 is 1.55 bits per heavy atom. The Hall–Kier alpha value is -2.42. The zero-order chi connectivity index (χ0) is 14.1. The summed E-state index contributed by atoms with van der Waals surface area (Å²) in [6.07, 6.45) is 1.51. The van der Waals surface area contributed by atoms with E-state index in [9.17, 15) is 5.11 Å². The number of azide groups is 1. The fourth-order valence-electron chi connectivity index (χ4n) is 2.28. The van der Waals surface area contributed by atoms with E-state index >= 15 is 0 Å². The van der Waals surface area contributed by atoms with E-state index in [1.165, 1.54) is 12.7 Å². The number of rotatable bonds is 3. The fourth-order valence-corrected chi connectivity index (χ4v) is 2.28. The molecule has 3 heterocycles. The van der Waals surface area contributed by atoms with Crippen LogP contribution in [0.4, 0.5) is 5.82 Å². The third-order valence-electron chi connectivity index (χ3n) is 3.18. The summed E-state index contributed by atoms with van der Waals surface area (Å²) in [4.78, 5) is 14.8. The Morgan fingerprint density at radius 3 is 3.20 bits per heavy atom. The minimum atomic E-state index is -0.734. The summed E-state index contributed by atoms with van der Waals surface area (Å²) in [6, 6.07) is 0. The molecule has 2 aromatic rings. The molecule has 1 aliphatic rings. The second kappa shape index (κ2) is 4.93. The van der Waals surface area contributed by atoms with Gasteiger partial charge in [-0.05, 0) is 5.53 Å². The number of nitrogen functional groups attached to an aromatic ring is 1. The lowest BCUT2D eigenvalue weighted by molar-refractivity contribution is -0.0321. The maximum absolute atomic E-state index is 10.1. The Balaban J connectivity index is 1.91. The van der Waals surface area contributed by atoms with Gasteiger partial charge in [-0.1, -0.05) is 5.11 Å². The largest absolute Gasteiger partial charge is 0.388 e. The Morgan fingerprint density at radius 2 is 2.40 bits per heavy atom. The molecule has 0 saturated carbocycles. The zero-order valence-corrected chi connectivity index (χ0v) is 10.4. The van der Waals surface area contributed by atoms with Crippen molar-refractivity contribution in [1.82, 2.24) is 19.5 Å². The fraction of sp³-hybridized carbons (Fsp3) is 0.500. The molecule has 0 unspecified atom stereocenters. The molecule has 0 aromatic carbocycles. The summed E-state index contributed by atoms with van der Waals surface area (Å²) in [7, 11) is 0. The molecular formula is C10H12N8O2. The van der Waals surface area contributed by atoms with Crippen LogP contribution in [0.1, 0.15) is 12.6 Å². The highest BCUT2D eigenvalue weighted by Crippen LogP contribution is 2.31. The van der Waals surface area contributed by atoms with E-state index in [2.05, 4.69) is 25.0 Å². The quantitative estimate of drug-likeness (QED) is 0.470. The first-order chi connectivity index (χ1) is 9.70. The summed E-state index contributed by atoms with van der Waals surface area (Å²) < 4.78 is 7.28. The summed E-state index contributed by atoms with van der Waals surface area (Å²) >= 11 is 0. The number of nitrogens with zero attached hydrogens (tertiary/aromatic N) is 7. The smallest absolute Gasteiger partial charge is 0.167 e. The highest BCUT2D eigenvalue weighted by Gasteiger charge is 2.35. The molecule has 2 aromatic heterocycles.